The fourth-order valence-electron chi connectivity index (χ4n) is 3.71. The van der Waals surface area contributed by atoms with Crippen molar-refractivity contribution >= 4 is 21.7 Å². The fraction of sp³-hybridized carbons (Fsp3) is 0.706. The van der Waals surface area contributed by atoms with Crippen LogP contribution < -0.4 is 5.32 Å². The first-order chi connectivity index (χ1) is 12.4. The van der Waals surface area contributed by atoms with Crippen molar-refractivity contribution in [2.24, 2.45) is 0 Å². The second kappa shape index (κ2) is 7.48. The Kier molecular flexibility index (Phi) is 5.47. The van der Waals surface area contributed by atoms with E-state index in [9.17, 15) is 13.2 Å². The Morgan fingerprint density at radius 1 is 1.31 bits per heavy atom. The molecule has 1 atom stereocenters. The molecule has 8 nitrogen and oxygen atoms in total. The zero-order valence-electron chi connectivity index (χ0n) is 15.7. The molecule has 144 valence electrons. The summed E-state index contributed by atoms with van der Waals surface area (Å²) in [6, 6.07) is 0. The molecule has 1 fully saturated rings. The molecule has 0 aromatic carbocycles. The quantitative estimate of drug-likeness (QED) is 0.834. The standard InChI is InChI=1S/C17H27N5O3S/c1-4-26(24,25)22-9-7-14-15(11-22)19-16(20-17(14)18-3)13-6-5-8-21(10-13)12(2)23/h13H,4-11H2,1-3H3,(H,18,19,20). The van der Waals surface area contributed by atoms with Gasteiger partial charge in [-0.25, -0.2) is 18.4 Å². The maximum absolute atomic E-state index is 12.2. The number of likely N-dealkylation sites (tertiary alicyclic amines) is 1. The molecule has 1 aromatic heterocycles. The summed E-state index contributed by atoms with van der Waals surface area (Å²) in [6.07, 6.45) is 2.47. The monoisotopic (exact) mass is 381 g/mol. The molecule has 1 unspecified atom stereocenters. The molecule has 0 aliphatic carbocycles. The van der Waals surface area contributed by atoms with Crippen LogP contribution in [0.5, 0.6) is 0 Å². The van der Waals surface area contributed by atoms with E-state index in [1.165, 1.54) is 4.31 Å². The smallest absolute Gasteiger partial charge is 0.219 e. The summed E-state index contributed by atoms with van der Waals surface area (Å²) >= 11 is 0. The first kappa shape index (κ1) is 19.0. The maximum atomic E-state index is 12.2. The number of fused-ring (bicyclic) bond motifs is 1. The van der Waals surface area contributed by atoms with Gasteiger partial charge in [0.2, 0.25) is 15.9 Å². The van der Waals surface area contributed by atoms with Crippen LogP contribution in [0.2, 0.25) is 0 Å². The Morgan fingerprint density at radius 3 is 2.73 bits per heavy atom. The van der Waals surface area contributed by atoms with Gasteiger partial charge in [-0.05, 0) is 26.2 Å². The lowest BCUT2D eigenvalue weighted by Crippen LogP contribution is -2.39. The van der Waals surface area contributed by atoms with Crippen molar-refractivity contribution in [3.8, 4) is 0 Å². The number of hydrogen-bond acceptors (Lipinski definition) is 6. The number of carbonyl (C=O) groups excluding carboxylic acids is 1. The molecule has 3 rings (SSSR count). The van der Waals surface area contributed by atoms with Gasteiger partial charge in [0, 0.05) is 45.1 Å². The summed E-state index contributed by atoms with van der Waals surface area (Å²) in [5, 5.41) is 3.14. The molecule has 9 heteroatoms. The zero-order chi connectivity index (χ0) is 18.9. The first-order valence-electron chi connectivity index (χ1n) is 9.16. The number of nitrogens with one attached hydrogen (secondary N) is 1. The van der Waals surface area contributed by atoms with Gasteiger partial charge in [-0.1, -0.05) is 0 Å². The first-order valence-corrected chi connectivity index (χ1v) is 10.8. The molecule has 1 N–H and O–H groups in total. The summed E-state index contributed by atoms with van der Waals surface area (Å²) < 4.78 is 26.0. The van der Waals surface area contributed by atoms with Gasteiger partial charge in [-0.3, -0.25) is 4.79 Å². The van der Waals surface area contributed by atoms with Gasteiger partial charge in [-0.2, -0.15) is 4.31 Å². The van der Waals surface area contributed by atoms with Gasteiger partial charge in [0.1, 0.15) is 11.6 Å². The lowest BCUT2D eigenvalue weighted by Gasteiger charge is -2.33. The molecule has 3 heterocycles. The van der Waals surface area contributed by atoms with Crippen molar-refractivity contribution < 1.29 is 13.2 Å². The largest absolute Gasteiger partial charge is 0.373 e. The number of amides is 1. The Bertz CT molecular complexity index is 796. The lowest BCUT2D eigenvalue weighted by molar-refractivity contribution is -0.130. The molecule has 1 saturated heterocycles. The number of rotatable bonds is 4. The number of sulfonamides is 1. The van der Waals surface area contributed by atoms with E-state index >= 15 is 0 Å². The van der Waals surface area contributed by atoms with Gasteiger partial charge in [0.25, 0.3) is 0 Å². The minimum Gasteiger partial charge on any atom is -0.373 e. The topological polar surface area (TPSA) is 95.5 Å². The van der Waals surface area contributed by atoms with Crippen LogP contribution in [0.15, 0.2) is 0 Å². The van der Waals surface area contributed by atoms with Gasteiger partial charge in [0.05, 0.1) is 18.0 Å². The Labute approximate surface area is 155 Å². The minimum absolute atomic E-state index is 0.0710. The van der Waals surface area contributed by atoms with Crippen LogP contribution in [0.4, 0.5) is 5.82 Å². The van der Waals surface area contributed by atoms with E-state index in [1.807, 2.05) is 11.9 Å². The summed E-state index contributed by atoms with van der Waals surface area (Å²) in [4.78, 5) is 23.0. The second-order valence-corrected chi connectivity index (χ2v) is 9.15. The van der Waals surface area contributed by atoms with Gasteiger partial charge in [0.15, 0.2) is 0 Å². The van der Waals surface area contributed by atoms with Crippen molar-refractivity contribution in [3.63, 3.8) is 0 Å². The predicted molar refractivity (Wildman–Crippen MR) is 99.4 cm³/mol. The van der Waals surface area contributed by atoms with E-state index in [0.29, 0.717) is 31.9 Å². The molecular formula is C17H27N5O3S. The van der Waals surface area contributed by atoms with Crippen LogP contribution in [0, 0.1) is 0 Å². The van der Waals surface area contributed by atoms with Crippen LogP contribution in [-0.4, -0.2) is 65.9 Å². The molecule has 0 radical (unpaired) electrons. The molecule has 2 aliphatic rings. The summed E-state index contributed by atoms with van der Waals surface area (Å²) in [5.74, 6) is 1.73. The average Bonchev–Trinajstić information content (AvgIpc) is 2.66. The van der Waals surface area contributed by atoms with Crippen molar-refractivity contribution in [3.05, 3.63) is 17.1 Å². The molecular weight excluding hydrogens is 354 g/mol. The third-order valence-electron chi connectivity index (χ3n) is 5.27. The molecule has 1 amide bonds. The molecule has 0 bridgehead atoms. The van der Waals surface area contributed by atoms with Crippen molar-refractivity contribution in [2.75, 3.05) is 37.8 Å². The number of piperidine rings is 1. The molecule has 2 aliphatic heterocycles. The normalized spacial score (nSPS) is 21.3. The van der Waals surface area contributed by atoms with Crippen LogP contribution in [0.25, 0.3) is 0 Å². The summed E-state index contributed by atoms with van der Waals surface area (Å²) in [5.41, 5.74) is 1.78. The zero-order valence-corrected chi connectivity index (χ0v) is 16.5. The summed E-state index contributed by atoms with van der Waals surface area (Å²) in [7, 11) is -1.42. The average molecular weight is 382 g/mol. The number of nitrogens with zero attached hydrogens (tertiary/aromatic N) is 4. The van der Waals surface area contributed by atoms with Gasteiger partial charge >= 0.3 is 0 Å². The molecule has 0 spiro atoms. The van der Waals surface area contributed by atoms with Crippen LogP contribution in [-0.2, 0) is 27.8 Å². The number of hydrogen-bond donors (Lipinski definition) is 1. The summed E-state index contributed by atoms with van der Waals surface area (Å²) in [6.45, 7) is 5.39. The third kappa shape index (κ3) is 3.68. The highest BCUT2D eigenvalue weighted by atomic mass is 32.2. The van der Waals surface area contributed by atoms with E-state index < -0.39 is 10.0 Å². The highest BCUT2D eigenvalue weighted by Crippen LogP contribution is 2.30. The minimum atomic E-state index is -3.24. The van der Waals surface area contributed by atoms with Crippen LogP contribution in [0.1, 0.15) is 49.7 Å². The van der Waals surface area contributed by atoms with E-state index in [4.69, 9.17) is 9.97 Å². The fourth-order valence-corrected chi connectivity index (χ4v) is 4.76. The van der Waals surface area contributed by atoms with Crippen molar-refractivity contribution in [1.29, 1.82) is 0 Å². The van der Waals surface area contributed by atoms with Gasteiger partial charge < -0.3 is 10.2 Å². The number of aromatic nitrogens is 2. The van der Waals surface area contributed by atoms with Crippen LogP contribution >= 0.6 is 0 Å². The van der Waals surface area contributed by atoms with Crippen molar-refractivity contribution in [1.82, 2.24) is 19.2 Å². The van der Waals surface area contributed by atoms with Crippen LogP contribution in [0.3, 0.4) is 0 Å². The van der Waals surface area contributed by atoms with E-state index in [1.54, 1.807) is 13.8 Å². The van der Waals surface area contributed by atoms with Gasteiger partial charge in [-0.15, -0.1) is 0 Å². The highest BCUT2D eigenvalue weighted by molar-refractivity contribution is 7.89. The highest BCUT2D eigenvalue weighted by Gasteiger charge is 2.31. The Hall–Kier alpha value is -1.74. The third-order valence-corrected chi connectivity index (χ3v) is 7.10. The predicted octanol–water partition coefficient (Wildman–Crippen LogP) is 0.952. The van der Waals surface area contributed by atoms with E-state index in [0.717, 1.165) is 36.5 Å². The van der Waals surface area contributed by atoms with E-state index in [-0.39, 0.29) is 17.6 Å². The van der Waals surface area contributed by atoms with E-state index in [2.05, 4.69) is 5.32 Å². The Balaban J connectivity index is 1.92. The number of carbonyl (C=O) groups is 1. The molecule has 0 saturated carbocycles. The molecule has 26 heavy (non-hydrogen) atoms. The number of anilines is 1. The molecule has 1 aromatic rings. The Morgan fingerprint density at radius 2 is 2.08 bits per heavy atom. The second-order valence-electron chi connectivity index (χ2n) is 6.89. The van der Waals surface area contributed by atoms with Crippen molar-refractivity contribution in [2.45, 2.75) is 45.6 Å². The lowest BCUT2D eigenvalue weighted by atomic mass is 9.96. The SMILES string of the molecule is CCS(=O)(=O)N1CCc2c(nc(C3CCCN(C(C)=O)C3)nc2NC)C1. The maximum Gasteiger partial charge on any atom is 0.219 e.